The van der Waals surface area contributed by atoms with Crippen LogP contribution in [0.1, 0.15) is 31.2 Å². The van der Waals surface area contributed by atoms with E-state index in [2.05, 4.69) is 22.2 Å². The maximum Gasteiger partial charge on any atom is 0.220 e. The molecule has 1 amide bonds. The highest BCUT2D eigenvalue weighted by atomic mass is 35.5. The van der Waals surface area contributed by atoms with E-state index in [0.717, 1.165) is 35.3 Å². The van der Waals surface area contributed by atoms with Crippen LogP contribution in [0.15, 0.2) is 36.4 Å². The van der Waals surface area contributed by atoms with Crippen LogP contribution in [-0.2, 0) is 17.8 Å². The molecule has 3 aromatic rings. The molecule has 1 aromatic heterocycles. The van der Waals surface area contributed by atoms with Gasteiger partial charge in [-0.15, -0.1) is 0 Å². The number of aromatic nitrogens is 2. The normalized spacial score (nSPS) is 12.0. The fourth-order valence-electron chi connectivity index (χ4n) is 3.30. The maximum absolute atomic E-state index is 12.2. The maximum atomic E-state index is 12.2. The molecular formula is C22H26ClN3O3. The SMILES string of the molecule is COc1ccc(CC(C)CCC(=O)NCc2nc3ccccc3[nH]2)c(Cl)c1OC. The van der Waals surface area contributed by atoms with Gasteiger partial charge >= 0.3 is 0 Å². The van der Waals surface area contributed by atoms with Crippen molar-refractivity contribution in [2.75, 3.05) is 14.2 Å². The number of aromatic amines is 1. The first-order valence-corrected chi connectivity index (χ1v) is 9.99. The Morgan fingerprint density at radius 2 is 2.00 bits per heavy atom. The van der Waals surface area contributed by atoms with Crippen LogP contribution >= 0.6 is 11.6 Å². The van der Waals surface area contributed by atoms with Crippen LogP contribution in [0.25, 0.3) is 11.0 Å². The molecule has 2 aromatic carbocycles. The van der Waals surface area contributed by atoms with E-state index in [-0.39, 0.29) is 5.91 Å². The number of para-hydroxylation sites is 2. The molecule has 0 fully saturated rings. The molecule has 154 valence electrons. The summed E-state index contributed by atoms with van der Waals surface area (Å²) in [5.74, 6) is 2.21. The quantitative estimate of drug-likeness (QED) is 0.539. The summed E-state index contributed by atoms with van der Waals surface area (Å²) < 4.78 is 10.6. The Labute approximate surface area is 175 Å². The van der Waals surface area contributed by atoms with Crippen LogP contribution in [0.2, 0.25) is 5.02 Å². The van der Waals surface area contributed by atoms with E-state index in [4.69, 9.17) is 21.1 Å². The van der Waals surface area contributed by atoms with E-state index in [0.29, 0.717) is 35.4 Å². The molecule has 0 aliphatic heterocycles. The number of rotatable bonds is 9. The largest absolute Gasteiger partial charge is 0.493 e. The van der Waals surface area contributed by atoms with Gasteiger partial charge in [0.1, 0.15) is 5.82 Å². The number of H-pyrrole nitrogens is 1. The smallest absolute Gasteiger partial charge is 0.220 e. The lowest BCUT2D eigenvalue weighted by Gasteiger charge is -2.16. The van der Waals surface area contributed by atoms with Gasteiger partial charge in [0, 0.05) is 6.42 Å². The number of hydrogen-bond donors (Lipinski definition) is 2. The van der Waals surface area contributed by atoms with Gasteiger partial charge in [0.25, 0.3) is 0 Å². The molecule has 0 aliphatic carbocycles. The molecule has 7 heteroatoms. The summed E-state index contributed by atoms with van der Waals surface area (Å²) in [6, 6.07) is 11.6. The molecule has 2 N–H and O–H groups in total. The first kappa shape index (κ1) is 21.0. The Hall–Kier alpha value is -2.73. The standard InChI is InChI=1S/C22H26ClN3O3/c1-14(12-15-9-10-18(28-2)22(29-3)21(15)23)8-11-20(27)24-13-19-25-16-6-4-5-7-17(16)26-19/h4-7,9-10,14H,8,11-13H2,1-3H3,(H,24,27)(H,25,26). The predicted octanol–water partition coefficient (Wildman–Crippen LogP) is 4.51. The Morgan fingerprint density at radius 3 is 2.72 bits per heavy atom. The average Bonchev–Trinajstić information content (AvgIpc) is 3.15. The van der Waals surface area contributed by atoms with Crippen LogP contribution in [0.4, 0.5) is 0 Å². The van der Waals surface area contributed by atoms with Gasteiger partial charge in [-0.3, -0.25) is 4.79 Å². The fraction of sp³-hybridized carbons (Fsp3) is 0.364. The Balaban J connectivity index is 1.48. The van der Waals surface area contributed by atoms with Crippen molar-refractivity contribution in [1.29, 1.82) is 0 Å². The zero-order chi connectivity index (χ0) is 20.8. The number of fused-ring (bicyclic) bond motifs is 1. The van der Waals surface area contributed by atoms with E-state index in [9.17, 15) is 4.79 Å². The third kappa shape index (κ3) is 5.21. The van der Waals surface area contributed by atoms with Gasteiger partial charge in [-0.05, 0) is 42.5 Å². The van der Waals surface area contributed by atoms with Gasteiger partial charge in [0.15, 0.2) is 11.5 Å². The third-order valence-corrected chi connectivity index (χ3v) is 5.30. The number of imidazole rings is 1. The summed E-state index contributed by atoms with van der Waals surface area (Å²) in [6.45, 7) is 2.50. The lowest BCUT2D eigenvalue weighted by atomic mass is 9.96. The Bertz CT molecular complexity index is 954. The Kier molecular flexibility index (Phi) is 6.99. The highest BCUT2D eigenvalue weighted by molar-refractivity contribution is 6.33. The van der Waals surface area contributed by atoms with Crippen LogP contribution in [0.5, 0.6) is 11.5 Å². The van der Waals surface area contributed by atoms with Gasteiger partial charge in [-0.2, -0.15) is 0 Å². The minimum atomic E-state index is 0.00992. The van der Waals surface area contributed by atoms with Gasteiger partial charge in [-0.25, -0.2) is 4.98 Å². The molecule has 29 heavy (non-hydrogen) atoms. The van der Waals surface area contributed by atoms with Gasteiger partial charge < -0.3 is 19.8 Å². The number of carbonyl (C=O) groups is 1. The van der Waals surface area contributed by atoms with Crippen molar-refractivity contribution < 1.29 is 14.3 Å². The van der Waals surface area contributed by atoms with Crippen molar-refractivity contribution in [3.8, 4) is 11.5 Å². The van der Waals surface area contributed by atoms with Crippen molar-refractivity contribution in [2.24, 2.45) is 5.92 Å². The van der Waals surface area contributed by atoms with E-state index in [1.807, 2.05) is 36.4 Å². The molecule has 0 saturated carbocycles. The summed E-state index contributed by atoms with van der Waals surface area (Å²) in [6.07, 6.45) is 1.97. The van der Waals surface area contributed by atoms with Crippen LogP contribution < -0.4 is 14.8 Å². The molecule has 0 saturated heterocycles. The van der Waals surface area contributed by atoms with Crippen molar-refractivity contribution >= 4 is 28.5 Å². The number of ether oxygens (including phenoxy) is 2. The lowest BCUT2D eigenvalue weighted by Crippen LogP contribution is -2.23. The highest BCUT2D eigenvalue weighted by Crippen LogP contribution is 2.38. The molecule has 0 spiro atoms. The minimum absolute atomic E-state index is 0.00992. The van der Waals surface area contributed by atoms with Crippen molar-refractivity contribution in [2.45, 2.75) is 32.7 Å². The molecular weight excluding hydrogens is 390 g/mol. The van der Waals surface area contributed by atoms with Crippen molar-refractivity contribution in [3.63, 3.8) is 0 Å². The average molecular weight is 416 g/mol. The number of hydrogen-bond acceptors (Lipinski definition) is 4. The number of carbonyl (C=O) groups excluding carboxylic acids is 1. The van der Waals surface area contributed by atoms with Gasteiger partial charge in [0.2, 0.25) is 5.91 Å². The van der Waals surface area contributed by atoms with Crippen LogP contribution in [-0.4, -0.2) is 30.1 Å². The fourth-order valence-corrected chi connectivity index (χ4v) is 3.61. The summed E-state index contributed by atoms with van der Waals surface area (Å²) in [7, 11) is 3.16. The van der Waals surface area contributed by atoms with Gasteiger partial charge in [-0.1, -0.05) is 36.7 Å². The molecule has 6 nitrogen and oxygen atoms in total. The number of nitrogens with zero attached hydrogens (tertiary/aromatic N) is 1. The topological polar surface area (TPSA) is 76.2 Å². The zero-order valence-electron chi connectivity index (χ0n) is 16.9. The van der Waals surface area contributed by atoms with E-state index < -0.39 is 0 Å². The number of nitrogens with one attached hydrogen (secondary N) is 2. The van der Waals surface area contributed by atoms with Gasteiger partial charge in [0.05, 0.1) is 36.8 Å². The lowest BCUT2D eigenvalue weighted by molar-refractivity contribution is -0.121. The first-order valence-electron chi connectivity index (χ1n) is 9.61. The second kappa shape index (κ2) is 9.65. The number of amides is 1. The van der Waals surface area contributed by atoms with Crippen LogP contribution in [0, 0.1) is 5.92 Å². The third-order valence-electron chi connectivity index (χ3n) is 4.89. The minimum Gasteiger partial charge on any atom is -0.493 e. The Morgan fingerprint density at radius 1 is 1.21 bits per heavy atom. The van der Waals surface area contributed by atoms with Crippen molar-refractivity contribution in [1.82, 2.24) is 15.3 Å². The predicted molar refractivity (Wildman–Crippen MR) is 115 cm³/mol. The summed E-state index contributed by atoms with van der Waals surface area (Å²) in [4.78, 5) is 19.9. The molecule has 3 rings (SSSR count). The second-order valence-corrected chi connectivity index (χ2v) is 7.48. The number of halogens is 1. The van der Waals surface area contributed by atoms with E-state index in [1.54, 1.807) is 14.2 Å². The van der Waals surface area contributed by atoms with Crippen LogP contribution in [0.3, 0.4) is 0 Å². The number of benzene rings is 2. The zero-order valence-corrected chi connectivity index (χ0v) is 17.7. The molecule has 0 bridgehead atoms. The summed E-state index contributed by atoms with van der Waals surface area (Å²) >= 11 is 6.46. The second-order valence-electron chi connectivity index (χ2n) is 7.10. The molecule has 1 unspecified atom stereocenters. The summed E-state index contributed by atoms with van der Waals surface area (Å²) in [5, 5.41) is 3.49. The monoisotopic (exact) mass is 415 g/mol. The first-order chi connectivity index (χ1) is 14.0. The summed E-state index contributed by atoms with van der Waals surface area (Å²) in [5.41, 5.74) is 2.86. The molecule has 1 atom stereocenters. The molecule has 0 radical (unpaired) electrons. The van der Waals surface area contributed by atoms with Crippen molar-refractivity contribution in [3.05, 3.63) is 52.8 Å². The molecule has 0 aliphatic rings. The number of methoxy groups -OCH3 is 2. The van der Waals surface area contributed by atoms with E-state index >= 15 is 0 Å². The highest BCUT2D eigenvalue weighted by Gasteiger charge is 2.16. The van der Waals surface area contributed by atoms with E-state index in [1.165, 1.54) is 0 Å². The molecule has 1 heterocycles.